The molecule has 30 heavy (non-hydrogen) atoms. The molecule has 2 aromatic rings. The summed E-state index contributed by atoms with van der Waals surface area (Å²) in [7, 11) is -0.555. The minimum Gasteiger partial charge on any atom is -0.497 e. The van der Waals surface area contributed by atoms with E-state index in [0.717, 1.165) is 11.1 Å². The van der Waals surface area contributed by atoms with Crippen molar-refractivity contribution in [3.63, 3.8) is 0 Å². The molecule has 2 rings (SSSR count). The van der Waals surface area contributed by atoms with Gasteiger partial charge in [0.25, 0.3) is 0 Å². The predicted molar refractivity (Wildman–Crippen MR) is 118 cm³/mol. The lowest BCUT2D eigenvalue weighted by atomic mass is 10.2. The second-order valence-corrected chi connectivity index (χ2v) is 9.07. The van der Waals surface area contributed by atoms with Crippen molar-refractivity contribution in [1.82, 2.24) is 4.31 Å². The quantitative estimate of drug-likeness (QED) is 0.471. The van der Waals surface area contributed by atoms with Gasteiger partial charge in [-0.15, -0.1) is 6.58 Å². The normalized spacial score (nSPS) is 12.2. The minimum atomic E-state index is -3.72. The number of nitrogens with zero attached hydrogens (tertiary/aromatic N) is 2. The van der Waals surface area contributed by atoms with Crippen molar-refractivity contribution < 1.29 is 17.9 Å². The summed E-state index contributed by atoms with van der Waals surface area (Å²) >= 11 is 0. The molecule has 0 spiro atoms. The smallest absolute Gasteiger partial charge is 0.218 e. The molecule has 0 radical (unpaired) electrons. The number of allylic oxidation sites excluding steroid dienone is 1. The van der Waals surface area contributed by atoms with Crippen LogP contribution in [-0.2, 0) is 23.1 Å². The van der Waals surface area contributed by atoms with E-state index in [-0.39, 0.29) is 19.5 Å². The topological polar surface area (TPSA) is 79.6 Å². The first-order valence-corrected chi connectivity index (χ1v) is 11.2. The first-order valence-electron chi connectivity index (χ1n) is 9.67. The molecule has 6 nitrogen and oxygen atoms in total. The highest BCUT2D eigenvalue weighted by atomic mass is 32.2. The van der Waals surface area contributed by atoms with E-state index in [1.54, 1.807) is 44.6 Å². The van der Waals surface area contributed by atoms with Crippen LogP contribution in [0.1, 0.15) is 30.4 Å². The first kappa shape index (κ1) is 23.5. The summed E-state index contributed by atoms with van der Waals surface area (Å²) in [6.07, 6.45) is 2.51. The molecule has 0 aliphatic rings. The number of hydrogen-bond donors (Lipinski definition) is 0. The van der Waals surface area contributed by atoms with E-state index in [2.05, 4.69) is 6.58 Å². The highest BCUT2D eigenvalue weighted by Gasteiger charge is 2.31. The summed E-state index contributed by atoms with van der Waals surface area (Å²) in [4.78, 5) is 0. The maximum Gasteiger partial charge on any atom is 0.218 e. The standard InChI is InChI=1S/C23H28N2O4S/c1-4-5-6-23(15-16-24)30(26,27)25(17-19-7-11-21(28-2)12-8-19)18-20-9-13-22(29-3)14-10-20/h4,7-14,23H,1,5-6,15,17-18H2,2-3H3/t23-/m0/s1. The van der Waals surface area contributed by atoms with Crippen LogP contribution < -0.4 is 9.47 Å². The summed E-state index contributed by atoms with van der Waals surface area (Å²) in [5.74, 6) is 1.41. The fraction of sp³-hybridized carbons (Fsp3) is 0.348. The Morgan fingerprint density at radius 2 is 1.47 bits per heavy atom. The Balaban J connectivity index is 2.35. The van der Waals surface area contributed by atoms with Gasteiger partial charge in [0.1, 0.15) is 11.5 Å². The molecular weight excluding hydrogens is 400 g/mol. The monoisotopic (exact) mass is 428 g/mol. The van der Waals surface area contributed by atoms with Crippen LogP contribution >= 0.6 is 0 Å². The molecule has 0 heterocycles. The van der Waals surface area contributed by atoms with Crippen molar-refractivity contribution in [1.29, 1.82) is 5.26 Å². The van der Waals surface area contributed by atoms with E-state index in [1.807, 2.05) is 30.3 Å². The lowest BCUT2D eigenvalue weighted by Crippen LogP contribution is -2.38. The van der Waals surface area contributed by atoms with Gasteiger partial charge >= 0.3 is 0 Å². The summed E-state index contributed by atoms with van der Waals surface area (Å²) in [5.41, 5.74) is 1.68. The Morgan fingerprint density at radius 3 is 1.83 bits per heavy atom. The van der Waals surface area contributed by atoms with Crippen molar-refractivity contribution in [2.45, 2.75) is 37.6 Å². The van der Waals surface area contributed by atoms with Gasteiger partial charge in [-0.05, 0) is 48.2 Å². The van der Waals surface area contributed by atoms with Gasteiger partial charge in [0.05, 0.1) is 32.0 Å². The zero-order valence-electron chi connectivity index (χ0n) is 17.5. The van der Waals surface area contributed by atoms with Crippen molar-refractivity contribution in [3.05, 3.63) is 72.3 Å². The van der Waals surface area contributed by atoms with Crippen LogP contribution in [0.4, 0.5) is 0 Å². The largest absolute Gasteiger partial charge is 0.497 e. The minimum absolute atomic E-state index is 0.0576. The van der Waals surface area contributed by atoms with Crippen molar-refractivity contribution in [2.24, 2.45) is 0 Å². The molecule has 0 fully saturated rings. The second-order valence-electron chi connectivity index (χ2n) is 6.86. The highest BCUT2D eigenvalue weighted by Crippen LogP contribution is 2.24. The van der Waals surface area contributed by atoms with Crippen LogP contribution in [0.2, 0.25) is 0 Å². The summed E-state index contributed by atoms with van der Waals surface area (Å²) in [6, 6.07) is 16.6. The maximum atomic E-state index is 13.5. The molecule has 2 aromatic carbocycles. The lowest BCUT2D eigenvalue weighted by molar-refractivity contribution is 0.389. The van der Waals surface area contributed by atoms with E-state index in [9.17, 15) is 13.7 Å². The van der Waals surface area contributed by atoms with Gasteiger partial charge < -0.3 is 9.47 Å². The molecule has 0 bridgehead atoms. The molecule has 0 N–H and O–H groups in total. The Bertz CT molecular complexity index is 899. The van der Waals surface area contributed by atoms with Gasteiger partial charge in [-0.2, -0.15) is 9.57 Å². The number of sulfonamides is 1. The Morgan fingerprint density at radius 1 is 1.00 bits per heavy atom. The van der Waals surface area contributed by atoms with Crippen LogP contribution in [-0.4, -0.2) is 32.2 Å². The van der Waals surface area contributed by atoms with E-state index in [4.69, 9.17) is 9.47 Å². The number of ether oxygens (including phenoxy) is 2. The number of nitriles is 1. The van der Waals surface area contributed by atoms with Gasteiger partial charge in [-0.3, -0.25) is 0 Å². The lowest BCUT2D eigenvalue weighted by Gasteiger charge is -2.27. The third kappa shape index (κ3) is 6.34. The van der Waals surface area contributed by atoms with E-state index in [0.29, 0.717) is 24.3 Å². The molecule has 0 saturated heterocycles. The van der Waals surface area contributed by atoms with Gasteiger partial charge in [-0.25, -0.2) is 8.42 Å². The van der Waals surface area contributed by atoms with Crippen molar-refractivity contribution in [2.75, 3.05) is 14.2 Å². The Kier molecular flexibility index (Phi) is 8.90. The molecule has 0 unspecified atom stereocenters. The van der Waals surface area contributed by atoms with Gasteiger partial charge in [0, 0.05) is 13.1 Å². The molecule has 1 atom stereocenters. The maximum absolute atomic E-state index is 13.5. The third-order valence-electron chi connectivity index (χ3n) is 4.83. The molecule has 160 valence electrons. The molecular formula is C23H28N2O4S. The average molecular weight is 429 g/mol. The zero-order chi connectivity index (χ0) is 22.0. The number of methoxy groups -OCH3 is 2. The van der Waals surface area contributed by atoms with Crippen LogP contribution in [0, 0.1) is 11.3 Å². The van der Waals surface area contributed by atoms with Gasteiger partial charge in [0.2, 0.25) is 10.0 Å². The fourth-order valence-corrected chi connectivity index (χ4v) is 4.88. The number of rotatable bonds is 12. The molecule has 0 saturated carbocycles. The van der Waals surface area contributed by atoms with E-state index < -0.39 is 15.3 Å². The fourth-order valence-electron chi connectivity index (χ4n) is 3.08. The molecule has 7 heteroatoms. The van der Waals surface area contributed by atoms with Gasteiger partial charge in [0.15, 0.2) is 0 Å². The SMILES string of the molecule is C=CCC[C@@H](CC#N)S(=O)(=O)N(Cc1ccc(OC)cc1)Cc1ccc(OC)cc1. The number of hydrogen-bond acceptors (Lipinski definition) is 5. The molecule has 0 aliphatic heterocycles. The van der Waals surface area contributed by atoms with Gasteiger partial charge in [-0.1, -0.05) is 30.3 Å². The van der Waals surface area contributed by atoms with Crippen LogP contribution in [0.3, 0.4) is 0 Å². The summed E-state index contributed by atoms with van der Waals surface area (Å²) < 4.78 is 38.8. The summed E-state index contributed by atoms with van der Waals surface area (Å²) in [6.45, 7) is 4.08. The Hall–Kier alpha value is -2.82. The third-order valence-corrected chi connectivity index (χ3v) is 7.05. The first-order chi connectivity index (χ1) is 14.4. The van der Waals surface area contributed by atoms with Crippen molar-refractivity contribution >= 4 is 10.0 Å². The van der Waals surface area contributed by atoms with Crippen LogP contribution in [0.5, 0.6) is 11.5 Å². The van der Waals surface area contributed by atoms with E-state index in [1.165, 1.54) is 4.31 Å². The van der Waals surface area contributed by atoms with Crippen LogP contribution in [0.15, 0.2) is 61.2 Å². The molecule has 0 amide bonds. The number of benzene rings is 2. The van der Waals surface area contributed by atoms with E-state index >= 15 is 0 Å². The zero-order valence-corrected chi connectivity index (χ0v) is 18.3. The van der Waals surface area contributed by atoms with Crippen molar-refractivity contribution in [3.8, 4) is 17.6 Å². The Labute approximate surface area is 179 Å². The average Bonchev–Trinajstić information content (AvgIpc) is 2.77. The second kappa shape index (κ2) is 11.4. The molecule has 0 aromatic heterocycles. The summed E-state index contributed by atoms with van der Waals surface area (Å²) in [5, 5.41) is 8.41. The highest BCUT2D eigenvalue weighted by molar-refractivity contribution is 7.89. The van der Waals surface area contributed by atoms with Crippen LogP contribution in [0.25, 0.3) is 0 Å². The predicted octanol–water partition coefficient (Wildman–Crippen LogP) is 4.28. The molecule has 0 aliphatic carbocycles.